The molecule has 0 amide bonds. The second-order valence-electron chi connectivity index (χ2n) is 7.40. The molecule has 2 N–H and O–H groups in total. The van der Waals surface area contributed by atoms with E-state index in [0.29, 0.717) is 34.0 Å². The van der Waals surface area contributed by atoms with Gasteiger partial charge in [-0.2, -0.15) is 0 Å². The Morgan fingerprint density at radius 2 is 1.57 bits per heavy atom. The molecule has 0 fully saturated rings. The molecule has 178 valence electrons. The number of benzene rings is 1. The first-order valence-electron chi connectivity index (χ1n) is 10.3. The van der Waals surface area contributed by atoms with Crippen molar-refractivity contribution in [2.24, 2.45) is 7.05 Å². The fraction of sp³-hybridized carbons (Fsp3) is 0.167. The molecule has 3 aromatic heterocycles. The lowest BCUT2D eigenvalue weighted by molar-refractivity contribution is 0.0594. The van der Waals surface area contributed by atoms with E-state index in [1.807, 2.05) is 0 Å². The van der Waals surface area contributed by atoms with E-state index in [9.17, 15) is 9.59 Å². The van der Waals surface area contributed by atoms with E-state index in [4.69, 9.17) is 15.2 Å². The Bertz CT molecular complexity index is 1440. The lowest BCUT2D eigenvalue weighted by Crippen LogP contribution is -2.20. The van der Waals surface area contributed by atoms with Gasteiger partial charge in [-0.25, -0.2) is 24.7 Å². The van der Waals surface area contributed by atoms with Gasteiger partial charge in [0.25, 0.3) is 5.56 Å². The molecule has 0 spiro atoms. The predicted octanol–water partition coefficient (Wildman–Crippen LogP) is 2.35. The zero-order valence-corrected chi connectivity index (χ0v) is 19.5. The standard InChI is InChI=1S/C24H22N6O5/c1-30-12-19(29-20(23(30)31)14-7-15(33-2)9-16(8-14)34-3)21-22(25)27-11-18(28-21)13-5-6-17(26-10-13)24(32)35-4/h5-12H,1-4H3,(H2,25,27). The first-order valence-corrected chi connectivity index (χ1v) is 10.3. The first-order chi connectivity index (χ1) is 16.8. The van der Waals surface area contributed by atoms with Gasteiger partial charge in [-0.15, -0.1) is 0 Å². The number of nitrogen functional groups attached to an aromatic ring is 1. The second-order valence-corrected chi connectivity index (χ2v) is 7.40. The summed E-state index contributed by atoms with van der Waals surface area (Å²) in [5.41, 5.74) is 8.33. The quantitative estimate of drug-likeness (QED) is 0.413. The molecule has 35 heavy (non-hydrogen) atoms. The van der Waals surface area contributed by atoms with Crippen LogP contribution in [0.15, 0.2) is 53.7 Å². The molecule has 0 bridgehead atoms. The van der Waals surface area contributed by atoms with Crippen molar-refractivity contribution in [2.75, 3.05) is 27.1 Å². The number of carbonyl (C=O) groups is 1. The molecule has 0 unspecified atom stereocenters. The van der Waals surface area contributed by atoms with Crippen LogP contribution in [0.4, 0.5) is 5.82 Å². The van der Waals surface area contributed by atoms with Gasteiger partial charge >= 0.3 is 5.97 Å². The molecule has 0 saturated heterocycles. The highest BCUT2D eigenvalue weighted by Crippen LogP contribution is 2.29. The number of carbonyl (C=O) groups excluding carboxylic acids is 1. The van der Waals surface area contributed by atoms with Crippen molar-refractivity contribution in [3.8, 4) is 45.4 Å². The van der Waals surface area contributed by atoms with Crippen LogP contribution in [-0.4, -0.2) is 51.8 Å². The van der Waals surface area contributed by atoms with Crippen LogP contribution in [0, 0.1) is 0 Å². The van der Waals surface area contributed by atoms with Crippen LogP contribution in [0.25, 0.3) is 33.9 Å². The molecule has 11 nitrogen and oxygen atoms in total. The van der Waals surface area contributed by atoms with Gasteiger partial charge in [0.15, 0.2) is 5.82 Å². The Morgan fingerprint density at radius 1 is 0.886 bits per heavy atom. The van der Waals surface area contributed by atoms with Crippen LogP contribution in [0.2, 0.25) is 0 Å². The zero-order valence-electron chi connectivity index (χ0n) is 19.5. The molecule has 0 aliphatic rings. The largest absolute Gasteiger partial charge is 0.497 e. The van der Waals surface area contributed by atoms with Gasteiger partial charge in [0.1, 0.15) is 34.3 Å². The third kappa shape index (κ3) is 4.64. The van der Waals surface area contributed by atoms with Gasteiger partial charge in [-0.1, -0.05) is 0 Å². The Hall–Kier alpha value is -4.80. The molecule has 4 aromatic rings. The monoisotopic (exact) mass is 474 g/mol. The summed E-state index contributed by atoms with van der Waals surface area (Å²) >= 11 is 0. The summed E-state index contributed by atoms with van der Waals surface area (Å²) in [6.07, 6.45) is 4.51. The number of pyridine rings is 1. The van der Waals surface area contributed by atoms with Crippen LogP contribution < -0.4 is 20.8 Å². The summed E-state index contributed by atoms with van der Waals surface area (Å²) in [6.45, 7) is 0. The number of methoxy groups -OCH3 is 3. The minimum absolute atomic E-state index is 0.133. The van der Waals surface area contributed by atoms with Crippen molar-refractivity contribution in [1.82, 2.24) is 24.5 Å². The number of anilines is 1. The molecule has 11 heteroatoms. The molecule has 0 radical (unpaired) electrons. The number of ether oxygens (including phenoxy) is 3. The number of aromatic nitrogens is 5. The molecule has 0 aliphatic carbocycles. The van der Waals surface area contributed by atoms with Crippen LogP contribution >= 0.6 is 0 Å². The highest BCUT2D eigenvalue weighted by atomic mass is 16.5. The van der Waals surface area contributed by atoms with Crippen molar-refractivity contribution in [1.29, 1.82) is 0 Å². The van der Waals surface area contributed by atoms with Crippen molar-refractivity contribution >= 4 is 11.8 Å². The van der Waals surface area contributed by atoms with E-state index in [1.165, 1.54) is 50.6 Å². The molecule has 0 atom stereocenters. The highest BCUT2D eigenvalue weighted by Gasteiger charge is 2.17. The maximum Gasteiger partial charge on any atom is 0.356 e. The van der Waals surface area contributed by atoms with E-state index in [1.54, 1.807) is 31.3 Å². The minimum atomic E-state index is -0.545. The second kappa shape index (κ2) is 9.59. The smallest absolute Gasteiger partial charge is 0.356 e. The summed E-state index contributed by atoms with van der Waals surface area (Å²) in [6, 6.07) is 8.28. The number of nitrogens with zero attached hydrogens (tertiary/aromatic N) is 5. The van der Waals surface area contributed by atoms with E-state index < -0.39 is 5.97 Å². The van der Waals surface area contributed by atoms with Crippen LogP contribution in [0.3, 0.4) is 0 Å². The highest BCUT2D eigenvalue weighted by molar-refractivity contribution is 5.87. The average Bonchev–Trinajstić information content (AvgIpc) is 2.89. The van der Waals surface area contributed by atoms with Gasteiger partial charge in [0.05, 0.1) is 33.2 Å². The number of nitrogens with two attached hydrogens (primary N) is 1. The Morgan fingerprint density at radius 3 is 2.17 bits per heavy atom. The summed E-state index contributed by atoms with van der Waals surface area (Å²) in [7, 11) is 5.94. The van der Waals surface area contributed by atoms with Gasteiger partial charge in [0.2, 0.25) is 0 Å². The minimum Gasteiger partial charge on any atom is -0.497 e. The van der Waals surface area contributed by atoms with Crippen LogP contribution in [0.1, 0.15) is 10.5 Å². The van der Waals surface area contributed by atoms with Gasteiger partial charge < -0.3 is 24.5 Å². The van der Waals surface area contributed by atoms with Crippen LogP contribution in [-0.2, 0) is 11.8 Å². The fourth-order valence-corrected chi connectivity index (χ4v) is 3.35. The first kappa shape index (κ1) is 23.4. The molecular formula is C24H22N6O5. The molecule has 3 heterocycles. The van der Waals surface area contributed by atoms with Crippen molar-refractivity contribution < 1.29 is 19.0 Å². The Kier molecular flexibility index (Phi) is 6.40. The third-order valence-electron chi connectivity index (χ3n) is 5.19. The fourth-order valence-electron chi connectivity index (χ4n) is 3.35. The van der Waals surface area contributed by atoms with E-state index in [0.717, 1.165) is 0 Å². The van der Waals surface area contributed by atoms with E-state index in [2.05, 4.69) is 24.7 Å². The molecule has 1 aromatic carbocycles. The maximum absolute atomic E-state index is 12.9. The summed E-state index contributed by atoms with van der Waals surface area (Å²) in [5, 5.41) is 0. The number of esters is 1. The van der Waals surface area contributed by atoms with Crippen molar-refractivity contribution in [2.45, 2.75) is 0 Å². The molecule has 0 aliphatic heterocycles. The lowest BCUT2D eigenvalue weighted by atomic mass is 10.1. The molecular weight excluding hydrogens is 452 g/mol. The van der Waals surface area contributed by atoms with Gasteiger partial charge in [-0.05, 0) is 24.3 Å². The predicted molar refractivity (Wildman–Crippen MR) is 128 cm³/mol. The summed E-state index contributed by atoms with van der Waals surface area (Å²) in [4.78, 5) is 42.1. The average molecular weight is 474 g/mol. The Balaban J connectivity index is 1.82. The lowest BCUT2D eigenvalue weighted by Gasteiger charge is -2.12. The number of hydrogen-bond donors (Lipinski definition) is 1. The number of aryl methyl sites for hydroxylation is 1. The third-order valence-corrected chi connectivity index (χ3v) is 5.19. The SMILES string of the molecule is COC(=O)c1ccc(-c2cnc(N)c(-c3cn(C)c(=O)c(-c4cc(OC)cc(OC)c4)n3)n2)cn1. The van der Waals surface area contributed by atoms with Crippen molar-refractivity contribution in [3.05, 3.63) is 65.0 Å². The van der Waals surface area contributed by atoms with E-state index >= 15 is 0 Å². The van der Waals surface area contributed by atoms with E-state index in [-0.39, 0.29) is 28.5 Å². The van der Waals surface area contributed by atoms with Crippen LogP contribution in [0.5, 0.6) is 11.5 Å². The topological polar surface area (TPSA) is 144 Å². The Labute approximate surface area is 200 Å². The molecule has 4 rings (SSSR count). The zero-order chi connectivity index (χ0) is 25.1. The number of hydrogen-bond acceptors (Lipinski definition) is 10. The van der Waals surface area contributed by atoms with Crippen molar-refractivity contribution in [3.63, 3.8) is 0 Å². The summed E-state index contributed by atoms with van der Waals surface area (Å²) in [5.74, 6) is 0.612. The number of rotatable bonds is 6. The summed E-state index contributed by atoms with van der Waals surface area (Å²) < 4.78 is 16.7. The van der Waals surface area contributed by atoms with Gasteiger partial charge in [0, 0.05) is 36.6 Å². The molecule has 0 saturated carbocycles. The van der Waals surface area contributed by atoms with Gasteiger partial charge in [-0.3, -0.25) is 4.79 Å². The maximum atomic E-state index is 12.9. The normalized spacial score (nSPS) is 10.6.